The molecule has 9 heteroatoms. The van der Waals surface area contributed by atoms with Gasteiger partial charge in [-0.3, -0.25) is 4.98 Å². The predicted octanol–water partition coefficient (Wildman–Crippen LogP) is 3.87. The SMILES string of the molecule is O=C(O)c1cc(N=Nc2ccc(S(=O)(=O)Cc3ccccn3)cc2)ccc1O. The lowest BCUT2D eigenvalue weighted by Crippen LogP contribution is -2.05. The Labute approximate surface area is 160 Å². The Morgan fingerprint density at radius 1 is 0.964 bits per heavy atom. The first-order valence-electron chi connectivity index (χ1n) is 8.06. The van der Waals surface area contributed by atoms with Crippen molar-refractivity contribution >= 4 is 27.2 Å². The minimum absolute atomic E-state index is 0.134. The van der Waals surface area contributed by atoms with Crippen LogP contribution >= 0.6 is 0 Å². The van der Waals surface area contributed by atoms with Gasteiger partial charge in [0.15, 0.2) is 9.84 Å². The lowest BCUT2D eigenvalue weighted by Gasteiger charge is -2.04. The van der Waals surface area contributed by atoms with Crippen LogP contribution in [0.2, 0.25) is 0 Å². The number of azo groups is 1. The Kier molecular flexibility index (Phi) is 5.46. The number of rotatable bonds is 6. The molecule has 28 heavy (non-hydrogen) atoms. The van der Waals surface area contributed by atoms with E-state index in [1.54, 1.807) is 18.2 Å². The lowest BCUT2D eigenvalue weighted by molar-refractivity contribution is 0.0693. The molecule has 0 saturated heterocycles. The molecule has 1 aromatic heterocycles. The molecule has 0 radical (unpaired) electrons. The number of hydrogen-bond acceptors (Lipinski definition) is 7. The highest BCUT2D eigenvalue weighted by atomic mass is 32.2. The molecule has 0 fully saturated rings. The van der Waals surface area contributed by atoms with E-state index in [4.69, 9.17) is 5.11 Å². The minimum atomic E-state index is -3.54. The second-order valence-corrected chi connectivity index (χ2v) is 7.77. The topological polar surface area (TPSA) is 129 Å². The van der Waals surface area contributed by atoms with Crippen LogP contribution in [0.1, 0.15) is 16.1 Å². The van der Waals surface area contributed by atoms with E-state index in [2.05, 4.69) is 15.2 Å². The van der Waals surface area contributed by atoms with Gasteiger partial charge in [0, 0.05) is 6.20 Å². The Balaban J connectivity index is 1.77. The number of carbonyl (C=O) groups is 1. The molecule has 3 rings (SSSR count). The monoisotopic (exact) mass is 397 g/mol. The molecule has 2 aromatic carbocycles. The summed E-state index contributed by atoms with van der Waals surface area (Å²) in [7, 11) is -3.54. The normalized spacial score (nSPS) is 11.6. The third-order valence-corrected chi connectivity index (χ3v) is 5.42. The molecular formula is C19H15N3O5S. The standard InChI is InChI=1S/C19H15N3O5S/c23-18-9-6-14(11-17(18)19(24)25)22-21-13-4-7-16(8-5-13)28(26,27)12-15-3-1-2-10-20-15/h1-11,23H,12H2,(H,24,25). The van der Waals surface area contributed by atoms with Crippen molar-refractivity contribution in [1.29, 1.82) is 0 Å². The summed E-state index contributed by atoms with van der Waals surface area (Å²) in [5.74, 6) is -1.86. The van der Waals surface area contributed by atoms with Crippen molar-refractivity contribution in [3.8, 4) is 5.75 Å². The minimum Gasteiger partial charge on any atom is -0.507 e. The summed E-state index contributed by atoms with van der Waals surface area (Å²) in [6.45, 7) is 0. The average Bonchev–Trinajstić information content (AvgIpc) is 2.68. The third kappa shape index (κ3) is 4.57. The molecular weight excluding hydrogens is 382 g/mol. The molecule has 1 heterocycles. The van der Waals surface area contributed by atoms with E-state index < -0.39 is 15.8 Å². The van der Waals surface area contributed by atoms with Crippen LogP contribution in [0.25, 0.3) is 0 Å². The molecule has 8 nitrogen and oxygen atoms in total. The number of nitrogens with zero attached hydrogens (tertiary/aromatic N) is 3. The molecule has 0 atom stereocenters. The number of pyridine rings is 1. The fourth-order valence-corrected chi connectivity index (χ4v) is 3.63. The number of sulfone groups is 1. The first-order valence-corrected chi connectivity index (χ1v) is 9.71. The summed E-state index contributed by atoms with van der Waals surface area (Å²) in [4.78, 5) is 15.2. The van der Waals surface area contributed by atoms with Gasteiger partial charge in [-0.05, 0) is 54.6 Å². The molecule has 0 spiro atoms. The number of carboxylic acid groups (broad SMARTS) is 1. The van der Waals surface area contributed by atoms with Gasteiger partial charge < -0.3 is 10.2 Å². The van der Waals surface area contributed by atoms with E-state index in [0.29, 0.717) is 11.4 Å². The zero-order chi connectivity index (χ0) is 20.1. The largest absolute Gasteiger partial charge is 0.507 e. The molecule has 0 aliphatic carbocycles. The first-order chi connectivity index (χ1) is 13.3. The molecule has 0 aliphatic heterocycles. The highest BCUT2D eigenvalue weighted by molar-refractivity contribution is 7.90. The molecule has 3 aromatic rings. The van der Waals surface area contributed by atoms with Gasteiger partial charge in [0.25, 0.3) is 0 Å². The number of aromatic nitrogens is 1. The zero-order valence-corrected chi connectivity index (χ0v) is 15.2. The van der Waals surface area contributed by atoms with E-state index in [1.165, 1.54) is 48.7 Å². The van der Waals surface area contributed by atoms with Gasteiger partial charge in [0.1, 0.15) is 11.3 Å². The van der Waals surface area contributed by atoms with E-state index in [1.807, 2.05) is 0 Å². The van der Waals surface area contributed by atoms with E-state index in [9.17, 15) is 18.3 Å². The van der Waals surface area contributed by atoms with E-state index >= 15 is 0 Å². The summed E-state index contributed by atoms with van der Waals surface area (Å²) >= 11 is 0. The summed E-state index contributed by atoms with van der Waals surface area (Å²) < 4.78 is 24.9. The summed E-state index contributed by atoms with van der Waals surface area (Å²) in [5, 5.41) is 26.4. The zero-order valence-electron chi connectivity index (χ0n) is 14.4. The number of carboxylic acids is 1. The van der Waals surface area contributed by atoms with Gasteiger partial charge in [-0.25, -0.2) is 13.2 Å². The molecule has 142 valence electrons. The van der Waals surface area contributed by atoms with Crippen molar-refractivity contribution in [2.75, 3.05) is 0 Å². The van der Waals surface area contributed by atoms with Crippen molar-refractivity contribution in [2.24, 2.45) is 10.2 Å². The number of hydrogen-bond donors (Lipinski definition) is 2. The van der Waals surface area contributed by atoms with Crippen molar-refractivity contribution < 1.29 is 23.4 Å². The van der Waals surface area contributed by atoms with Crippen LogP contribution in [0.15, 0.2) is 82.0 Å². The maximum Gasteiger partial charge on any atom is 0.339 e. The molecule has 0 amide bonds. The quantitative estimate of drug-likeness (QED) is 0.607. The number of aromatic hydroxyl groups is 1. The van der Waals surface area contributed by atoms with Crippen LogP contribution in [0.4, 0.5) is 11.4 Å². The first kappa shape index (κ1) is 19.2. The van der Waals surface area contributed by atoms with Gasteiger partial charge in [-0.2, -0.15) is 10.2 Å². The average molecular weight is 397 g/mol. The fraction of sp³-hybridized carbons (Fsp3) is 0.0526. The smallest absolute Gasteiger partial charge is 0.339 e. The van der Waals surface area contributed by atoms with Crippen molar-refractivity contribution in [1.82, 2.24) is 4.98 Å². The van der Waals surface area contributed by atoms with Gasteiger partial charge >= 0.3 is 5.97 Å². The van der Waals surface area contributed by atoms with Crippen LogP contribution in [0.5, 0.6) is 5.75 Å². The Morgan fingerprint density at radius 2 is 1.64 bits per heavy atom. The highest BCUT2D eigenvalue weighted by Crippen LogP contribution is 2.26. The predicted molar refractivity (Wildman–Crippen MR) is 101 cm³/mol. The van der Waals surface area contributed by atoms with Crippen molar-refractivity contribution in [3.63, 3.8) is 0 Å². The van der Waals surface area contributed by atoms with Crippen LogP contribution < -0.4 is 0 Å². The Morgan fingerprint density at radius 3 is 2.29 bits per heavy atom. The van der Waals surface area contributed by atoms with Crippen LogP contribution in [0, 0.1) is 0 Å². The second kappa shape index (κ2) is 7.97. The molecule has 2 N–H and O–H groups in total. The Bertz CT molecular complexity index is 1130. The van der Waals surface area contributed by atoms with Gasteiger partial charge in [0.05, 0.1) is 27.7 Å². The van der Waals surface area contributed by atoms with E-state index in [-0.39, 0.29) is 27.6 Å². The van der Waals surface area contributed by atoms with Crippen LogP contribution in [-0.2, 0) is 15.6 Å². The summed E-state index contributed by atoms with van der Waals surface area (Å²) in [6, 6.07) is 14.7. The summed E-state index contributed by atoms with van der Waals surface area (Å²) in [5.41, 5.74) is 0.795. The maximum absolute atomic E-state index is 12.5. The fourth-order valence-electron chi connectivity index (χ4n) is 2.35. The number of phenols is 1. The third-order valence-electron chi connectivity index (χ3n) is 3.75. The maximum atomic E-state index is 12.5. The van der Waals surface area contributed by atoms with Crippen molar-refractivity contribution in [3.05, 3.63) is 78.1 Å². The van der Waals surface area contributed by atoms with Gasteiger partial charge in [-0.15, -0.1) is 0 Å². The highest BCUT2D eigenvalue weighted by Gasteiger charge is 2.16. The van der Waals surface area contributed by atoms with Crippen LogP contribution in [0.3, 0.4) is 0 Å². The molecule has 0 bridgehead atoms. The second-order valence-electron chi connectivity index (χ2n) is 5.78. The van der Waals surface area contributed by atoms with Crippen molar-refractivity contribution in [2.45, 2.75) is 10.6 Å². The lowest BCUT2D eigenvalue weighted by atomic mass is 10.2. The molecule has 0 unspecified atom stereocenters. The molecule has 0 saturated carbocycles. The Hall–Kier alpha value is -3.59. The van der Waals surface area contributed by atoms with E-state index in [0.717, 1.165) is 0 Å². The summed E-state index contributed by atoms with van der Waals surface area (Å²) in [6.07, 6.45) is 1.54. The van der Waals surface area contributed by atoms with Gasteiger partial charge in [-0.1, -0.05) is 6.07 Å². The number of aromatic carboxylic acids is 1. The number of benzene rings is 2. The van der Waals surface area contributed by atoms with Gasteiger partial charge in [0.2, 0.25) is 0 Å². The molecule has 0 aliphatic rings. The van der Waals surface area contributed by atoms with Crippen LogP contribution in [-0.4, -0.2) is 29.6 Å².